The van der Waals surface area contributed by atoms with Gasteiger partial charge in [0.15, 0.2) is 5.76 Å². The van der Waals surface area contributed by atoms with E-state index in [0.29, 0.717) is 22.2 Å². The first-order valence-corrected chi connectivity index (χ1v) is 8.92. The molecule has 0 spiro atoms. The predicted octanol–water partition coefficient (Wildman–Crippen LogP) is 5.56. The van der Waals surface area contributed by atoms with E-state index in [0.717, 1.165) is 16.3 Å². The van der Waals surface area contributed by atoms with E-state index >= 15 is 0 Å². The van der Waals surface area contributed by atoms with Crippen LogP contribution in [0.1, 0.15) is 21.1 Å². The van der Waals surface area contributed by atoms with Crippen LogP contribution in [0, 0.1) is 19.7 Å². The molecule has 0 fully saturated rings. The van der Waals surface area contributed by atoms with E-state index in [9.17, 15) is 9.18 Å². The van der Waals surface area contributed by atoms with Gasteiger partial charge >= 0.3 is 0 Å². The van der Waals surface area contributed by atoms with E-state index in [-0.39, 0.29) is 17.5 Å². The molecular formula is C20H15FN2O2S. The number of carbonyl (C=O) groups is 1. The van der Waals surface area contributed by atoms with Crippen molar-refractivity contribution >= 4 is 33.9 Å². The minimum Gasteiger partial charge on any atom is -0.451 e. The first-order chi connectivity index (χ1) is 12.5. The molecule has 4 rings (SSSR count). The summed E-state index contributed by atoms with van der Waals surface area (Å²) in [5, 5.41) is 6.42. The Bertz CT molecular complexity index is 1110. The largest absolute Gasteiger partial charge is 0.451 e. The number of amides is 1. The molecule has 2 aromatic carbocycles. The Morgan fingerprint density at radius 3 is 2.62 bits per heavy atom. The second-order valence-electron chi connectivity index (χ2n) is 5.98. The third kappa shape index (κ3) is 2.99. The summed E-state index contributed by atoms with van der Waals surface area (Å²) in [6, 6.07) is 11.7. The van der Waals surface area contributed by atoms with Crippen molar-refractivity contribution in [3.63, 3.8) is 0 Å². The third-order valence-electron chi connectivity index (χ3n) is 4.16. The number of furan rings is 1. The molecule has 0 atom stereocenters. The van der Waals surface area contributed by atoms with Gasteiger partial charge in [0.05, 0.1) is 10.7 Å². The molecule has 26 heavy (non-hydrogen) atoms. The number of halogens is 1. The van der Waals surface area contributed by atoms with Crippen molar-refractivity contribution in [3.05, 3.63) is 70.0 Å². The number of nitrogens with one attached hydrogen (secondary N) is 1. The molecule has 0 saturated heterocycles. The van der Waals surface area contributed by atoms with Crippen LogP contribution in [0.4, 0.5) is 10.1 Å². The molecule has 130 valence electrons. The summed E-state index contributed by atoms with van der Waals surface area (Å²) in [5.41, 5.74) is 3.66. The Morgan fingerprint density at radius 2 is 1.92 bits per heavy atom. The number of aryl methyl sites for hydroxylation is 2. The Balaban J connectivity index is 1.57. The standard InChI is InChI=1S/C20H15FN2O2S/c1-11-16-9-14(21)5-8-18(16)25-19(11)20(24)23-15-6-3-13(4-7-15)17-10-26-12(2)22-17/h3-10H,1-2H3,(H,23,24). The monoisotopic (exact) mass is 366 g/mol. The zero-order chi connectivity index (χ0) is 18.3. The fourth-order valence-corrected chi connectivity index (χ4v) is 3.44. The van der Waals surface area contributed by atoms with Gasteiger partial charge in [-0.05, 0) is 44.2 Å². The molecule has 0 radical (unpaired) electrons. The highest BCUT2D eigenvalue weighted by Crippen LogP contribution is 2.27. The van der Waals surface area contributed by atoms with E-state index in [4.69, 9.17) is 4.42 Å². The molecule has 0 aliphatic heterocycles. The number of rotatable bonds is 3. The van der Waals surface area contributed by atoms with E-state index in [1.54, 1.807) is 18.3 Å². The van der Waals surface area contributed by atoms with Crippen molar-refractivity contribution in [2.45, 2.75) is 13.8 Å². The number of hydrogen-bond donors (Lipinski definition) is 1. The maximum absolute atomic E-state index is 13.4. The topological polar surface area (TPSA) is 55.1 Å². The Labute approximate surface area is 153 Å². The second kappa shape index (κ2) is 6.38. The van der Waals surface area contributed by atoms with Crippen molar-refractivity contribution < 1.29 is 13.6 Å². The summed E-state index contributed by atoms with van der Waals surface area (Å²) < 4.78 is 19.0. The number of nitrogens with zero attached hydrogens (tertiary/aromatic N) is 1. The summed E-state index contributed by atoms with van der Waals surface area (Å²) in [6.45, 7) is 3.71. The lowest BCUT2D eigenvalue weighted by Gasteiger charge is -2.05. The summed E-state index contributed by atoms with van der Waals surface area (Å²) in [4.78, 5) is 17.0. The van der Waals surface area contributed by atoms with E-state index in [2.05, 4.69) is 10.3 Å². The minimum absolute atomic E-state index is 0.185. The Kier molecular flexibility index (Phi) is 4.05. The average molecular weight is 366 g/mol. The highest BCUT2D eigenvalue weighted by Gasteiger charge is 2.18. The van der Waals surface area contributed by atoms with Crippen LogP contribution < -0.4 is 5.32 Å². The van der Waals surface area contributed by atoms with Crippen LogP contribution in [0.5, 0.6) is 0 Å². The van der Waals surface area contributed by atoms with Gasteiger partial charge in [0.2, 0.25) is 0 Å². The molecule has 0 saturated carbocycles. The Morgan fingerprint density at radius 1 is 1.15 bits per heavy atom. The molecule has 2 aromatic heterocycles. The van der Waals surface area contributed by atoms with Crippen molar-refractivity contribution in [2.24, 2.45) is 0 Å². The number of fused-ring (bicyclic) bond motifs is 1. The molecule has 1 N–H and O–H groups in total. The number of hydrogen-bond acceptors (Lipinski definition) is 4. The number of benzene rings is 2. The highest BCUT2D eigenvalue weighted by atomic mass is 32.1. The van der Waals surface area contributed by atoms with Gasteiger partial charge in [-0.15, -0.1) is 11.3 Å². The molecule has 0 aliphatic carbocycles. The first kappa shape index (κ1) is 16.5. The predicted molar refractivity (Wildman–Crippen MR) is 101 cm³/mol. The van der Waals surface area contributed by atoms with E-state index in [1.807, 2.05) is 36.6 Å². The number of anilines is 1. The lowest BCUT2D eigenvalue weighted by Crippen LogP contribution is -2.12. The molecule has 6 heteroatoms. The maximum atomic E-state index is 13.4. The third-order valence-corrected chi connectivity index (χ3v) is 4.94. The quantitative estimate of drug-likeness (QED) is 0.516. The van der Waals surface area contributed by atoms with Crippen LogP contribution >= 0.6 is 11.3 Å². The molecule has 4 aromatic rings. The molecule has 0 unspecified atom stereocenters. The maximum Gasteiger partial charge on any atom is 0.291 e. The lowest BCUT2D eigenvalue weighted by atomic mass is 10.1. The molecule has 4 nitrogen and oxygen atoms in total. The van der Waals surface area contributed by atoms with Crippen LogP contribution in [0.25, 0.3) is 22.2 Å². The zero-order valence-electron chi connectivity index (χ0n) is 14.2. The van der Waals surface area contributed by atoms with E-state index in [1.165, 1.54) is 18.2 Å². The molecule has 2 heterocycles. The average Bonchev–Trinajstić information content (AvgIpc) is 3.20. The van der Waals surface area contributed by atoms with Crippen molar-refractivity contribution in [3.8, 4) is 11.3 Å². The summed E-state index contributed by atoms with van der Waals surface area (Å²) in [7, 11) is 0. The van der Waals surface area contributed by atoms with Gasteiger partial charge < -0.3 is 9.73 Å². The Hall–Kier alpha value is -2.99. The van der Waals surface area contributed by atoms with Crippen molar-refractivity contribution in [1.29, 1.82) is 0 Å². The lowest BCUT2D eigenvalue weighted by molar-refractivity contribution is 0.0998. The SMILES string of the molecule is Cc1nc(-c2ccc(NC(=O)c3oc4ccc(F)cc4c3C)cc2)cs1. The molecule has 1 amide bonds. The zero-order valence-corrected chi connectivity index (χ0v) is 15.0. The smallest absolute Gasteiger partial charge is 0.291 e. The van der Waals surface area contributed by atoms with Crippen LogP contribution in [-0.2, 0) is 0 Å². The first-order valence-electron chi connectivity index (χ1n) is 8.04. The fraction of sp³-hybridized carbons (Fsp3) is 0.100. The van der Waals surface area contributed by atoms with Gasteiger partial charge in [-0.2, -0.15) is 0 Å². The highest BCUT2D eigenvalue weighted by molar-refractivity contribution is 7.09. The van der Waals surface area contributed by atoms with E-state index < -0.39 is 0 Å². The summed E-state index contributed by atoms with van der Waals surface area (Å²) in [6.07, 6.45) is 0. The van der Waals surface area contributed by atoms with Gasteiger partial charge in [-0.1, -0.05) is 12.1 Å². The van der Waals surface area contributed by atoms with Gasteiger partial charge in [0.25, 0.3) is 5.91 Å². The van der Waals surface area contributed by atoms with Crippen LogP contribution in [0.15, 0.2) is 52.3 Å². The minimum atomic E-state index is -0.364. The van der Waals surface area contributed by atoms with Gasteiger partial charge in [0, 0.05) is 27.6 Å². The second-order valence-corrected chi connectivity index (χ2v) is 7.04. The summed E-state index contributed by atoms with van der Waals surface area (Å²) >= 11 is 1.60. The van der Waals surface area contributed by atoms with Crippen molar-refractivity contribution in [1.82, 2.24) is 4.98 Å². The van der Waals surface area contributed by atoms with Crippen molar-refractivity contribution in [2.75, 3.05) is 5.32 Å². The fourth-order valence-electron chi connectivity index (χ4n) is 2.82. The van der Waals surface area contributed by atoms with Gasteiger partial charge in [0.1, 0.15) is 11.4 Å². The number of carbonyl (C=O) groups excluding carboxylic acids is 1. The number of aromatic nitrogens is 1. The normalized spacial score (nSPS) is 11.0. The number of thiazole rings is 1. The van der Waals surface area contributed by atoms with Crippen LogP contribution in [0.3, 0.4) is 0 Å². The molecule has 0 aliphatic rings. The van der Waals surface area contributed by atoms with Crippen LogP contribution in [-0.4, -0.2) is 10.9 Å². The summed E-state index contributed by atoms with van der Waals surface area (Å²) in [5.74, 6) is -0.539. The van der Waals surface area contributed by atoms with Crippen LogP contribution in [0.2, 0.25) is 0 Å². The van der Waals surface area contributed by atoms with Gasteiger partial charge in [-0.25, -0.2) is 9.37 Å². The molecule has 0 bridgehead atoms. The van der Waals surface area contributed by atoms with Gasteiger partial charge in [-0.3, -0.25) is 4.79 Å². The molecular weight excluding hydrogens is 351 g/mol.